The molecule has 0 atom stereocenters. The first-order chi connectivity index (χ1) is 6.92. The van der Waals surface area contributed by atoms with Gasteiger partial charge in [0, 0.05) is 16.8 Å². The molecule has 1 aromatic rings. The molecule has 0 fully saturated rings. The number of carbonyl (C=O) groups excluding carboxylic acids is 1. The Hall–Kier alpha value is -1.73. The Morgan fingerprint density at radius 3 is 2.20 bits per heavy atom. The van der Waals surface area contributed by atoms with Crippen LogP contribution in [0.15, 0.2) is 24.3 Å². The fraction of sp³-hybridized carbons (Fsp3) is 0.333. The van der Waals surface area contributed by atoms with Gasteiger partial charge >= 0.3 is 0 Å². The molecule has 0 aliphatic carbocycles. The Bertz CT molecular complexity index is 381. The van der Waals surface area contributed by atoms with Gasteiger partial charge in [0.15, 0.2) is 5.94 Å². The largest absolute Gasteiger partial charge is 0.399 e. The van der Waals surface area contributed by atoms with Gasteiger partial charge in [-0.3, -0.25) is 0 Å². The summed E-state index contributed by atoms with van der Waals surface area (Å²) in [6, 6.07) is 7.12. The Morgan fingerprint density at radius 1 is 1.27 bits per heavy atom. The maximum absolute atomic E-state index is 10.8. The summed E-state index contributed by atoms with van der Waals surface area (Å²) < 4.78 is 0. The summed E-state index contributed by atoms with van der Waals surface area (Å²) in [5.74, 6) is 1.91. The molecule has 1 aromatic carbocycles. The van der Waals surface area contributed by atoms with E-state index in [1.54, 1.807) is 24.3 Å². The molecule has 3 N–H and O–H groups in total. The third-order valence-electron chi connectivity index (χ3n) is 1.80. The summed E-state index contributed by atoms with van der Waals surface area (Å²) in [4.78, 5) is 10.8. The SMILES string of the molecule is CC(C)(C)NC(=C=O)c1ccc(N)cc1. The molecular weight excluding hydrogens is 188 g/mol. The molecule has 15 heavy (non-hydrogen) atoms. The van der Waals surface area contributed by atoms with Crippen LogP contribution in [0, 0.1) is 0 Å². The molecule has 0 radical (unpaired) electrons. The Balaban J connectivity index is 2.95. The average Bonchev–Trinajstić information content (AvgIpc) is 2.14. The highest BCUT2D eigenvalue weighted by Gasteiger charge is 2.12. The van der Waals surface area contributed by atoms with Crippen molar-refractivity contribution in [1.82, 2.24) is 5.32 Å². The zero-order chi connectivity index (χ0) is 11.5. The Labute approximate surface area is 90.0 Å². The molecule has 0 unspecified atom stereocenters. The number of benzene rings is 1. The minimum atomic E-state index is -0.159. The van der Waals surface area contributed by atoms with E-state index in [-0.39, 0.29) is 5.54 Å². The van der Waals surface area contributed by atoms with Gasteiger partial charge in [0.2, 0.25) is 0 Å². The number of hydrogen-bond acceptors (Lipinski definition) is 3. The van der Waals surface area contributed by atoms with Crippen LogP contribution in [0.25, 0.3) is 5.70 Å². The van der Waals surface area contributed by atoms with Crippen LogP contribution in [0.5, 0.6) is 0 Å². The second-order valence-electron chi connectivity index (χ2n) is 4.47. The first kappa shape index (κ1) is 11.3. The first-order valence-electron chi connectivity index (χ1n) is 4.81. The van der Waals surface area contributed by atoms with Crippen LogP contribution in [0.3, 0.4) is 0 Å². The molecule has 0 spiro atoms. The van der Waals surface area contributed by atoms with E-state index >= 15 is 0 Å². The summed E-state index contributed by atoms with van der Waals surface area (Å²) in [6.07, 6.45) is 0. The molecule has 80 valence electrons. The van der Waals surface area contributed by atoms with Gasteiger partial charge in [-0.1, -0.05) is 12.1 Å². The first-order valence-corrected chi connectivity index (χ1v) is 4.81. The number of nitrogen functional groups attached to an aromatic ring is 1. The van der Waals surface area contributed by atoms with E-state index in [2.05, 4.69) is 5.32 Å². The molecule has 0 aliphatic rings. The molecule has 0 heterocycles. The van der Waals surface area contributed by atoms with Crippen LogP contribution < -0.4 is 11.1 Å². The Morgan fingerprint density at radius 2 is 1.80 bits per heavy atom. The summed E-state index contributed by atoms with van der Waals surface area (Å²) in [7, 11) is 0. The number of rotatable bonds is 2. The van der Waals surface area contributed by atoms with Gasteiger partial charge in [0.05, 0.1) is 0 Å². The zero-order valence-electron chi connectivity index (χ0n) is 9.29. The van der Waals surface area contributed by atoms with Gasteiger partial charge in [0.1, 0.15) is 5.70 Å². The highest BCUT2D eigenvalue weighted by atomic mass is 16.1. The molecule has 0 aromatic heterocycles. The number of hydrogen-bond donors (Lipinski definition) is 2. The maximum Gasteiger partial charge on any atom is 0.150 e. The number of nitrogens with one attached hydrogen (secondary N) is 1. The standard InChI is InChI=1S/C12H16N2O/c1-12(2,3)14-11(8-15)9-4-6-10(13)7-5-9/h4-7,14H,13H2,1-3H3. The van der Waals surface area contributed by atoms with Crippen molar-refractivity contribution < 1.29 is 4.79 Å². The predicted molar refractivity (Wildman–Crippen MR) is 62.8 cm³/mol. The second-order valence-corrected chi connectivity index (χ2v) is 4.47. The predicted octanol–water partition coefficient (Wildman–Crippen LogP) is 1.83. The third-order valence-corrected chi connectivity index (χ3v) is 1.80. The van der Waals surface area contributed by atoms with Crippen molar-refractivity contribution in [3.8, 4) is 0 Å². The molecule has 0 amide bonds. The lowest BCUT2D eigenvalue weighted by Gasteiger charge is -2.22. The van der Waals surface area contributed by atoms with Crippen LogP contribution in [-0.2, 0) is 4.79 Å². The van der Waals surface area contributed by atoms with Crippen molar-refractivity contribution in [2.24, 2.45) is 0 Å². The fourth-order valence-corrected chi connectivity index (χ4v) is 1.18. The molecule has 0 saturated carbocycles. The molecule has 0 saturated heterocycles. The van der Waals surface area contributed by atoms with Crippen LogP contribution in [0.1, 0.15) is 26.3 Å². The van der Waals surface area contributed by atoms with Crippen molar-refractivity contribution in [2.75, 3.05) is 5.73 Å². The van der Waals surface area contributed by atoms with Crippen molar-refractivity contribution in [1.29, 1.82) is 0 Å². The van der Waals surface area contributed by atoms with Crippen LogP contribution in [0.4, 0.5) is 5.69 Å². The number of nitrogens with two attached hydrogens (primary N) is 1. The summed E-state index contributed by atoms with van der Waals surface area (Å²) in [6.45, 7) is 5.96. The molecule has 3 heteroatoms. The quantitative estimate of drug-likeness (QED) is 0.571. The number of anilines is 1. The van der Waals surface area contributed by atoms with Gasteiger partial charge in [-0.2, -0.15) is 0 Å². The van der Waals surface area contributed by atoms with Crippen molar-refractivity contribution >= 4 is 17.3 Å². The summed E-state index contributed by atoms with van der Waals surface area (Å²) in [5, 5.41) is 3.09. The van der Waals surface area contributed by atoms with Gasteiger partial charge in [-0.05, 0) is 32.9 Å². The molecule has 1 rings (SSSR count). The average molecular weight is 204 g/mol. The minimum absolute atomic E-state index is 0.159. The lowest BCUT2D eigenvalue weighted by molar-refractivity contribution is 0.499. The zero-order valence-corrected chi connectivity index (χ0v) is 9.29. The van der Waals surface area contributed by atoms with Crippen LogP contribution >= 0.6 is 0 Å². The highest BCUT2D eigenvalue weighted by molar-refractivity contribution is 5.86. The topological polar surface area (TPSA) is 55.1 Å². The lowest BCUT2D eigenvalue weighted by atomic mass is 10.1. The van der Waals surface area contributed by atoms with E-state index in [1.165, 1.54) is 0 Å². The monoisotopic (exact) mass is 204 g/mol. The van der Waals surface area contributed by atoms with Gasteiger partial charge in [0.25, 0.3) is 0 Å². The van der Waals surface area contributed by atoms with Crippen molar-refractivity contribution in [3.05, 3.63) is 29.8 Å². The fourth-order valence-electron chi connectivity index (χ4n) is 1.18. The van der Waals surface area contributed by atoms with Crippen LogP contribution in [-0.4, -0.2) is 11.5 Å². The van der Waals surface area contributed by atoms with Gasteiger partial charge in [-0.15, -0.1) is 0 Å². The van der Waals surface area contributed by atoms with E-state index in [4.69, 9.17) is 5.73 Å². The maximum atomic E-state index is 10.8. The van der Waals surface area contributed by atoms with E-state index < -0.39 is 0 Å². The Kier molecular flexibility index (Phi) is 3.17. The van der Waals surface area contributed by atoms with E-state index in [9.17, 15) is 4.79 Å². The van der Waals surface area contributed by atoms with E-state index in [1.807, 2.05) is 26.7 Å². The molecule has 0 aliphatic heterocycles. The minimum Gasteiger partial charge on any atom is -0.399 e. The molecular formula is C12H16N2O. The highest BCUT2D eigenvalue weighted by Crippen LogP contribution is 2.14. The van der Waals surface area contributed by atoms with Gasteiger partial charge < -0.3 is 11.1 Å². The molecule has 0 bridgehead atoms. The van der Waals surface area contributed by atoms with E-state index in [0.717, 1.165) is 5.56 Å². The molecule has 3 nitrogen and oxygen atoms in total. The van der Waals surface area contributed by atoms with E-state index in [0.29, 0.717) is 11.4 Å². The summed E-state index contributed by atoms with van der Waals surface area (Å²) in [5.41, 5.74) is 7.35. The smallest absolute Gasteiger partial charge is 0.150 e. The van der Waals surface area contributed by atoms with Crippen LogP contribution in [0.2, 0.25) is 0 Å². The van der Waals surface area contributed by atoms with Gasteiger partial charge in [-0.25, -0.2) is 4.79 Å². The normalized spacial score (nSPS) is 10.6. The lowest BCUT2D eigenvalue weighted by Crippen LogP contribution is -2.34. The summed E-state index contributed by atoms with van der Waals surface area (Å²) >= 11 is 0. The van der Waals surface area contributed by atoms with Crippen molar-refractivity contribution in [2.45, 2.75) is 26.3 Å². The third kappa shape index (κ3) is 3.49. The second kappa shape index (κ2) is 4.20. The van der Waals surface area contributed by atoms with Crippen molar-refractivity contribution in [3.63, 3.8) is 0 Å².